The van der Waals surface area contributed by atoms with Crippen LogP contribution in [0.2, 0.25) is 0 Å². The Kier molecular flexibility index (Phi) is 5.71. The van der Waals surface area contributed by atoms with Gasteiger partial charge in [-0.05, 0) is 54.7 Å². The van der Waals surface area contributed by atoms with E-state index < -0.39 is 15.8 Å². The van der Waals surface area contributed by atoms with E-state index in [4.69, 9.17) is 0 Å². The van der Waals surface area contributed by atoms with Crippen LogP contribution in [-0.4, -0.2) is 28.1 Å². The molecule has 2 aromatic carbocycles. The normalized spacial score (nSPS) is 14.8. The average molecular weight is 362 g/mol. The first-order valence-corrected chi connectivity index (χ1v) is 10.2. The summed E-state index contributed by atoms with van der Waals surface area (Å²) in [7, 11) is -3.47. The zero-order valence-electron chi connectivity index (χ0n) is 14.1. The molecule has 3 rings (SSSR count). The topological polar surface area (TPSA) is 49.4 Å². The van der Waals surface area contributed by atoms with Gasteiger partial charge in [0.15, 0.2) is 0 Å². The summed E-state index contributed by atoms with van der Waals surface area (Å²) in [5.74, 6) is -0.635. The van der Waals surface area contributed by atoms with Gasteiger partial charge in [0, 0.05) is 25.3 Å². The van der Waals surface area contributed by atoms with Crippen molar-refractivity contribution in [2.75, 3.05) is 24.5 Å². The molecule has 4 nitrogen and oxygen atoms in total. The van der Waals surface area contributed by atoms with Crippen molar-refractivity contribution in [2.45, 2.75) is 25.0 Å². The number of benzene rings is 2. The maximum Gasteiger partial charge on any atom is 0.215 e. The van der Waals surface area contributed by atoms with E-state index in [0.717, 1.165) is 18.7 Å². The van der Waals surface area contributed by atoms with Crippen LogP contribution in [0.4, 0.5) is 10.1 Å². The molecule has 1 saturated heterocycles. The third kappa shape index (κ3) is 5.28. The highest BCUT2D eigenvalue weighted by molar-refractivity contribution is 7.88. The molecule has 1 N–H and O–H groups in total. The molecule has 1 aliphatic rings. The van der Waals surface area contributed by atoms with Gasteiger partial charge in [0.25, 0.3) is 0 Å². The lowest BCUT2D eigenvalue weighted by molar-refractivity contribution is 0.580. The number of sulfonamides is 1. The standard InChI is InChI=1S/C19H23FN2O2S/c20-18-5-3-4-17(14-18)15-25(23,24)21-11-10-16-6-8-19(9-7-16)22-12-1-2-13-22/h3-9,14,21H,1-2,10-13,15H2. The van der Waals surface area contributed by atoms with Gasteiger partial charge in [0.2, 0.25) is 10.0 Å². The maximum absolute atomic E-state index is 13.1. The molecule has 134 valence electrons. The molecule has 0 aliphatic carbocycles. The second-order valence-electron chi connectivity index (χ2n) is 6.39. The van der Waals surface area contributed by atoms with Crippen molar-refractivity contribution < 1.29 is 12.8 Å². The van der Waals surface area contributed by atoms with Crippen molar-refractivity contribution in [3.05, 3.63) is 65.5 Å². The van der Waals surface area contributed by atoms with Crippen LogP contribution in [0.3, 0.4) is 0 Å². The molecule has 0 radical (unpaired) electrons. The molecule has 0 atom stereocenters. The summed E-state index contributed by atoms with van der Waals surface area (Å²) in [5.41, 5.74) is 2.77. The minimum atomic E-state index is -3.47. The third-order valence-corrected chi connectivity index (χ3v) is 5.75. The SMILES string of the molecule is O=S(=O)(Cc1cccc(F)c1)NCCc1ccc(N2CCCC2)cc1. The number of anilines is 1. The number of hydrogen-bond donors (Lipinski definition) is 1. The molecule has 6 heteroatoms. The summed E-state index contributed by atoms with van der Waals surface area (Å²) in [6.07, 6.45) is 3.12. The van der Waals surface area contributed by atoms with Crippen molar-refractivity contribution >= 4 is 15.7 Å². The second-order valence-corrected chi connectivity index (χ2v) is 8.20. The summed E-state index contributed by atoms with van der Waals surface area (Å²) in [6.45, 7) is 2.55. The average Bonchev–Trinajstić information content (AvgIpc) is 3.09. The Morgan fingerprint density at radius 2 is 1.72 bits per heavy atom. The minimum absolute atomic E-state index is 0.210. The molecule has 0 amide bonds. The van der Waals surface area contributed by atoms with Gasteiger partial charge >= 0.3 is 0 Å². The van der Waals surface area contributed by atoms with E-state index in [1.54, 1.807) is 6.07 Å². The van der Waals surface area contributed by atoms with E-state index in [0.29, 0.717) is 18.5 Å². The molecule has 0 unspecified atom stereocenters. The van der Waals surface area contributed by atoms with Crippen LogP contribution in [0.5, 0.6) is 0 Å². The van der Waals surface area contributed by atoms with Crippen molar-refractivity contribution in [1.82, 2.24) is 4.72 Å². The second kappa shape index (κ2) is 7.97. The van der Waals surface area contributed by atoms with Crippen LogP contribution in [-0.2, 0) is 22.2 Å². The number of nitrogens with zero attached hydrogens (tertiary/aromatic N) is 1. The van der Waals surface area contributed by atoms with Gasteiger partial charge in [-0.25, -0.2) is 17.5 Å². The lowest BCUT2D eigenvalue weighted by Crippen LogP contribution is -2.27. The van der Waals surface area contributed by atoms with E-state index in [1.807, 2.05) is 0 Å². The molecule has 25 heavy (non-hydrogen) atoms. The first kappa shape index (κ1) is 17.9. The van der Waals surface area contributed by atoms with Gasteiger partial charge < -0.3 is 4.90 Å². The zero-order valence-corrected chi connectivity index (χ0v) is 14.9. The molecule has 1 heterocycles. The summed E-state index contributed by atoms with van der Waals surface area (Å²) in [4.78, 5) is 2.37. The van der Waals surface area contributed by atoms with Crippen LogP contribution in [0.1, 0.15) is 24.0 Å². The smallest absolute Gasteiger partial charge is 0.215 e. The van der Waals surface area contributed by atoms with Gasteiger partial charge in [-0.1, -0.05) is 24.3 Å². The Morgan fingerprint density at radius 3 is 2.40 bits per heavy atom. The molecular weight excluding hydrogens is 339 g/mol. The number of rotatable bonds is 7. The van der Waals surface area contributed by atoms with E-state index in [2.05, 4.69) is 33.9 Å². The quantitative estimate of drug-likeness (QED) is 0.823. The van der Waals surface area contributed by atoms with Crippen LogP contribution in [0, 0.1) is 5.82 Å². The van der Waals surface area contributed by atoms with Crippen LogP contribution >= 0.6 is 0 Å². The highest BCUT2D eigenvalue weighted by Crippen LogP contribution is 2.20. The first-order valence-electron chi connectivity index (χ1n) is 8.57. The number of nitrogens with one attached hydrogen (secondary N) is 1. The number of halogens is 1. The maximum atomic E-state index is 13.1. The predicted octanol–water partition coefficient (Wildman–Crippen LogP) is 3.09. The van der Waals surface area contributed by atoms with Crippen LogP contribution < -0.4 is 9.62 Å². The largest absolute Gasteiger partial charge is 0.372 e. The predicted molar refractivity (Wildman–Crippen MR) is 98.6 cm³/mol. The Bertz CT molecular complexity index is 800. The van der Waals surface area contributed by atoms with E-state index >= 15 is 0 Å². The lowest BCUT2D eigenvalue weighted by Gasteiger charge is -2.17. The fourth-order valence-corrected chi connectivity index (χ4v) is 4.23. The lowest BCUT2D eigenvalue weighted by atomic mass is 10.1. The van der Waals surface area contributed by atoms with E-state index in [-0.39, 0.29) is 5.75 Å². The zero-order chi connectivity index (χ0) is 17.7. The van der Waals surface area contributed by atoms with Crippen molar-refractivity contribution in [1.29, 1.82) is 0 Å². The Hall–Kier alpha value is -1.92. The van der Waals surface area contributed by atoms with Crippen molar-refractivity contribution in [3.8, 4) is 0 Å². The van der Waals surface area contributed by atoms with Gasteiger partial charge in [0.05, 0.1) is 5.75 Å². The monoisotopic (exact) mass is 362 g/mol. The first-order chi connectivity index (χ1) is 12.0. The Balaban J connectivity index is 1.49. The van der Waals surface area contributed by atoms with Gasteiger partial charge in [-0.3, -0.25) is 0 Å². The van der Waals surface area contributed by atoms with Gasteiger partial charge in [-0.2, -0.15) is 0 Å². The van der Waals surface area contributed by atoms with Crippen molar-refractivity contribution in [2.24, 2.45) is 0 Å². The highest BCUT2D eigenvalue weighted by Gasteiger charge is 2.13. The van der Waals surface area contributed by atoms with Crippen LogP contribution in [0.15, 0.2) is 48.5 Å². The molecule has 0 bridgehead atoms. The fraction of sp³-hybridized carbons (Fsp3) is 0.368. The molecule has 1 aliphatic heterocycles. The van der Waals surface area contributed by atoms with Crippen molar-refractivity contribution in [3.63, 3.8) is 0 Å². The van der Waals surface area contributed by atoms with E-state index in [9.17, 15) is 12.8 Å². The molecule has 0 spiro atoms. The molecule has 0 saturated carbocycles. The van der Waals surface area contributed by atoms with Gasteiger partial charge in [-0.15, -0.1) is 0 Å². The Morgan fingerprint density at radius 1 is 1.00 bits per heavy atom. The summed E-state index contributed by atoms with van der Waals surface area (Å²) >= 11 is 0. The van der Waals surface area contributed by atoms with Crippen LogP contribution in [0.25, 0.3) is 0 Å². The number of hydrogen-bond acceptors (Lipinski definition) is 3. The molecular formula is C19H23FN2O2S. The van der Waals surface area contributed by atoms with Gasteiger partial charge in [0.1, 0.15) is 5.82 Å². The summed E-state index contributed by atoms with van der Waals surface area (Å²) < 4.78 is 39.9. The molecule has 0 aromatic heterocycles. The summed E-state index contributed by atoms with van der Waals surface area (Å²) in [6, 6.07) is 14.0. The molecule has 2 aromatic rings. The third-order valence-electron chi connectivity index (χ3n) is 4.39. The Labute approximate surface area is 148 Å². The molecule has 1 fully saturated rings. The van der Waals surface area contributed by atoms with E-state index in [1.165, 1.54) is 36.7 Å². The minimum Gasteiger partial charge on any atom is -0.372 e. The highest BCUT2D eigenvalue weighted by atomic mass is 32.2. The fourth-order valence-electron chi connectivity index (χ4n) is 3.10. The summed E-state index contributed by atoms with van der Waals surface area (Å²) in [5, 5.41) is 0.